The number of sulfonamides is 1. The summed E-state index contributed by atoms with van der Waals surface area (Å²) in [6, 6.07) is 11.3. The van der Waals surface area contributed by atoms with E-state index < -0.39 is 15.9 Å². The van der Waals surface area contributed by atoms with Crippen LogP contribution in [0.5, 0.6) is 0 Å². The number of nitrogens with one attached hydrogen (secondary N) is 2. The molecule has 0 unspecified atom stereocenters. The van der Waals surface area contributed by atoms with Crippen molar-refractivity contribution in [3.05, 3.63) is 75.0 Å². The Hall–Kier alpha value is -3.61. The molecule has 0 saturated carbocycles. The number of carbonyl (C=O) groups excluding carboxylic acids is 1. The number of hydrogen-bond donors (Lipinski definition) is 2. The SMILES string of the molecule is Cc1nc(-n2nc(-c3cccs3)cc2NC(=O)c2ccc(S(=O)(=O)N3CCCC3)cc2)[nH]c(=O)c1C. The van der Waals surface area contributed by atoms with E-state index in [1.807, 2.05) is 17.5 Å². The Balaban J connectivity index is 1.46. The average Bonchev–Trinajstić information content (AvgIpc) is 3.64. The first kappa shape index (κ1) is 24.1. The van der Waals surface area contributed by atoms with Crippen molar-refractivity contribution >= 4 is 33.1 Å². The van der Waals surface area contributed by atoms with Crippen molar-refractivity contribution in [1.29, 1.82) is 0 Å². The fourth-order valence-electron chi connectivity index (χ4n) is 3.95. The quantitative estimate of drug-likeness (QED) is 0.398. The molecule has 0 bridgehead atoms. The first-order chi connectivity index (χ1) is 17.2. The van der Waals surface area contributed by atoms with Crippen molar-refractivity contribution in [1.82, 2.24) is 24.1 Å². The van der Waals surface area contributed by atoms with E-state index in [4.69, 9.17) is 0 Å². The summed E-state index contributed by atoms with van der Waals surface area (Å²) in [5.74, 6) is 0.0296. The molecule has 4 aromatic rings. The zero-order chi connectivity index (χ0) is 25.4. The van der Waals surface area contributed by atoms with Gasteiger partial charge in [-0.15, -0.1) is 11.3 Å². The summed E-state index contributed by atoms with van der Waals surface area (Å²) < 4.78 is 28.4. The number of carbonyl (C=O) groups is 1. The van der Waals surface area contributed by atoms with Gasteiger partial charge in [-0.3, -0.25) is 14.6 Å². The van der Waals surface area contributed by atoms with Crippen LogP contribution in [0.15, 0.2) is 57.5 Å². The molecule has 1 aliphatic heterocycles. The molecule has 4 heterocycles. The van der Waals surface area contributed by atoms with Gasteiger partial charge in [0.2, 0.25) is 16.0 Å². The third-order valence-corrected chi connectivity index (χ3v) is 8.93. The van der Waals surface area contributed by atoms with E-state index in [-0.39, 0.29) is 22.0 Å². The number of aromatic nitrogens is 4. The third-order valence-electron chi connectivity index (χ3n) is 6.13. The normalized spacial score (nSPS) is 14.3. The summed E-state index contributed by atoms with van der Waals surface area (Å²) in [6.07, 6.45) is 1.70. The molecule has 186 valence electrons. The zero-order valence-corrected chi connectivity index (χ0v) is 21.3. The van der Waals surface area contributed by atoms with Gasteiger partial charge in [-0.05, 0) is 62.4 Å². The minimum absolute atomic E-state index is 0.155. The van der Waals surface area contributed by atoms with Gasteiger partial charge in [-0.1, -0.05) is 6.07 Å². The standard InChI is InChI=1S/C24H24N6O4S2/c1-15-16(2)25-24(27-22(15)31)30-21(14-19(28-30)20-6-5-13-35-20)26-23(32)17-7-9-18(10-8-17)36(33,34)29-11-3-4-12-29/h5-10,13-14H,3-4,11-12H2,1-2H3,(H,26,32)(H,25,27,31). The minimum Gasteiger partial charge on any atom is -0.306 e. The van der Waals surface area contributed by atoms with Crippen LogP contribution in [0.3, 0.4) is 0 Å². The molecule has 0 aliphatic carbocycles. The number of anilines is 1. The van der Waals surface area contributed by atoms with Crippen molar-refractivity contribution in [2.45, 2.75) is 31.6 Å². The molecule has 10 nitrogen and oxygen atoms in total. The third kappa shape index (κ3) is 4.50. The van der Waals surface area contributed by atoms with Gasteiger partial charge in [0.05, 0.1) is 9.77 Å². The maximum Gasteiger partial charge on any atom is 0.256 e. The number of hydrogen-bond acceptors (Lipinski definition) is 7. The van der Waals surface area contributed by atoms with Gasteiger partial charge in [-0.25, -0.2) is 13.4 Å². The fourth-order valence-corrected chi connectivity index (χ4v) is 6.15. The number of thiophene rings is 1. The lowest BCUT2D eigenvalue weighted by Gasteiger charge is -2.15. The number of aromatic amines is 1. The second kappa shape index (κ2) is 9.45. The van der Waals surface area contributed by atoms with E-state index in [9.17, 15) is 18.0 Å². The minimum atomic E-state index is -3.57. The number of rotatable bonds is 6. The van der Waals surface area contributed by atoms with E-state index in [1.54, 1.807) is 19.9 Å². The van der Waals surface area contributed by atoms with Crippen LogP contribution in [-0.2, 0) is 10.0 Å². The highest BCUT2D eigenvalue weighted by molar-refractivity contribution is 7.89. The molecule has 5 rings (SSSR count). The average molecular weight is 525 g/mol. The van der Waals surface area contributed by atoms with E-state index in [0.717, 1.165) is 17.7 Å². The predicted molar refractivity (Wildman–Crippen MR) is 137 cm³/mol. The number of benzene rings is 1. The van der Waals surface area contributed by atoms with Crippen LogP contribution in [0, 0.1) is 13.8 Å². The number of nitrogens with zero attached hydrogens (tertiary/aromatic N) is 4. The second-order valence-corrected chi connectivity index (χ2v) is 11.4. The topological polar surface area (TPSA) is 130 Å². The zero-order valence-electron chi connectivity index (χ0n) is 19.7. The van der Waals surface area contributed by atoms with Crippen molar-refractivity contribution in [3.8, 4) is 16.5 Å². The molecule has 0 radical (unpaired) electrons. The summed E-state index contributed by atoms with van der Waals surface area (Å²) in [7, 11) is -3.57. The maximum atomic E-state index is 13.1. The molecule has 3 aromatic heterocycles. The Morgan fingerprint density at radius 1 is 1.11 bits per heavy atom. The molecule has 0 atom stereocenters. The molecule has 2 N–H and O–H groups in total. The molecule has 36 heavy (non-hydrogen) atoms. The van der Waals surface area contributed by atoms with Crippen LogP contribution in [0.25, 0.3) is 16.5 Å². The predicted octanol–water partition coefficient (Wildman–Crippen LogP) is 3.34. The van der Waals surface area contributed by atoms with E-state index in [0.29, 0.717) is 35.9 Å². The summed E-state index contributed by atoms with van der Waals surface area (Å²) in [5, 5.41) is 9.30. The Bertz CT molecular complexity index is 1580. The lowest BCUT2D eigenvalue weighted by molar-refractivity contribution is 0.102. The highest BCUT2D eigenvalue weighted by Gasteiger charge is 2.27. The molecule has 1 fully saturated rings. The van der Waals surface area contributed by atoms with Crippen molar-refractivity contribution in [2.75, 3.05) is 18.4 Å². The van der Waals surface area contributed by atoms with Crippen LogP contribution in [0.1, 0.15) is 34.5 Å². The second-order valence-electron chi connectivity index (χ2n) is 8.49. The van der Waals surface area contributed by atoms with Crippen LogP contribution in [0.4, 0.5) is 5.82 Å². The molecular weight excluding hydrogens is 500 g/mol. The summed E-state index contributed by atoms with van der Waals surface area (Å²) in [4.78, 5) is 33.6. The van der Waals surface area contributed by atoms with Crippen LogP contribution in [0.2, 0.25) is 0 Å². The molecule has 1 aliphatic rings. The summed E-state index contributed by atoms with van der Waals surface area (Å²) in [5.41, 5.74) is 1.64. The number of aryl methyl sites for hydroxylation is 1. The lowest BCUT2D eigenvalue weighted by Crippen LogP contribution is -2.27. The van der Waals surface area contributed by atoms with E-state index in [1.165, 1.54) is 44.6 Å². The molecule has 1 aromatic carbocycles. The van der Waals surface area contributed by atoms with Gasteiger partial charge < -0.3 is 5.32 Å². The monoisotopic (exact) mass is 524 g/mol. The van der Waals surface area contributed by atoms with Crippen molar-refractivity contribution < 1.29 is 13.2 Å². The van der Waals surface area contributed by atoms with Gasteiger partial charge in [0.1, 0.15) is 11.5 Å². The largest absolute Gasteiger partial charge is 0.306 e. The van der Waals surface area contributed by atoms with E-state index in [2.05, 4.69) is 20.4 Å². The van der Waals surface area contributed by atoms with Crippen molar-refractivity contribution in [3.63, 3.8) is 0 Å². The van der Waals surface area contributed by atoms with Crippen LogP contribution >= 0.6 is 11.3 Å². The highest BCUT2D eigenvalue weighted by atomic mass is 32.2. The highest BCUT2D eigenvalue weighted by Crippen LogP contribution is 2.28. The summed E-state index contributed by atoms with van der Waals surface area (Å²) >= 11 is 1.49. The number of amides is 1. The molecule has 0 spiro atoms. The Morgan fingerprint density at radius 2 is 1.83 bits per heavy atom. The van der Waals surface area contributed by atoms with Gasteiger partial charge >= 0.3 is 0 Å². The first-order valence-electron chi connectivity index (χ1n) is 11.4. The Morgan fingerprint density at radius 3 is 2.47 bits per heavy atom. The van der Waals surface area contributed by atoms with Gasteiger partial charge in [0.25, 0.3) is 11.5 Å². The van der Waals surface area contributed by atoms with Gasteiger partial charge in [0.15, 0.2) is 0 Å². The van der Waals surface area contributed by atoms with Crippen LogP contribution in [-0.4, -0.2) is 51.5 Å². The fraction of sp³-hybridized carbons (Fsp3) is 0.250. The van der Waals surface area contributed by atoms with Crippen molar-refractivity contribution in [2.24, 2.45) is 0 Å². The Kier molecular flexibility index (Phi) is 6.33. The lowest BCUT2D eigenvalue weighted by atomic mass is 10.2. The molecular formula is C24H24N6O4S2. The smallest absolute Gasteiger partial charge is 0.256 e. The Labute approximate surface area is 211 Å². The van der Waals surface area contributed by atoms with Crippen LogP contribution < -0.4 is 10.9 Å². The van der Waals surface area contributed by atoms with E-state index >= 15 is 0 Å². The molecule has 12 heteroatoms. The molecule has 1 amide bonds. The molecule has 1 saturated heterocycles. The van der Waals surface area contributed by atoms with Gasteiger partial charge in [-0.2, -0.15) is 14.1 Å². The maximum absolute atomic E-state index is 13.1. The first-order valence-corrected chi connectivity index (χ1v) is 13.7. The summed E-state index contributed by atoms with van der Waals surface area (Å²) in [6.45, 7) is 4.43. The van der Waals surface area contributed by atoms with Gasteiger partial charge in [0, 0.05) is 36.0 Å². The number of H-pyrrole nitrogens is 1.